The molecular weight excluding hydrogens is 323 g/mol. The maximum atomic E-state index is 13.9. The van der Waals surface area contributed by atoms with E-state index < -0.39 is 0 Å². The van der Waals surface area contributed by atoms with Gasteiger partial charge in [-0.25, -0.2) is 4.39 Å². The van der Waals surface area contributed by atoms with E-state index in [0.717, 1.165) is 38.0 Å². The third kappa shape index (κ3) is 3.45. The van der Waals surface area contributed by atoms with E-state index in [1.54, 1.807) is 6.07 Å². The summed E-state index contributed by atoms with van der Waals surface area (Å²) < 4.78 is 16.3. The fraction of sp³-hybridized carbons (Fsp3) is 0.304. The van der Waals surface area contributed by atoms with E-state index in [2.05, 4.69) is 59.0 Å². The molecule has 0 saturated heterocycles. The third-order valence-electron chi connectivity index (χ3n) is 5.34. The molecule has 2 aromatic carbocycles. The predicted molar refractivity (Wildman–Crippen MR) is 104 cm³/mol. The molecule has 1 unspecified atom stereocenters. The van der Waals surface area contributed by atoms with E-state index in [-0.39, 0.29) is 11.9 Å². The molecule has 0 aliphatic carbocycles. The Morgan fingerprint density at radius 1 is 0.962 bits per heavy atom. The van der Waals surface area contributed by atoms with Crippen LogP contribution in [0.1, 0.15) is 41.8 Å². The van der Waals surface area contributed by atoms with Crippen molar-refractivity contribution in [2.45, 2.75) is 38.9 Å². The minimum atomic E-state index is -0.169. The lowest BCUT2D eigenvalue weighted by molar-refractivity contribution is 0.220. The van der Waals surface area contributed by atoms with Gasteiger partial charge in [-0.05, 0) is 53.8 Å². The maximum Gasteiger partial charge on any atom is 0.123 e. The van der Waals surface area contributed by atoms with Crippen molar-refractivity contribution in [2.24, 2.45) is 0 Å². The van der Waals surface area contributed by atoms with Crippen molar-refractivity contribution in [1.82, 2.24) is 9.47 Å². The molecule has 1 aliphatic rings. The van der Waals surface area contributed by atoms with Gasteiger partial charge in [-0.1, -0.05) is 43.3 Å². The van der Waals surface area contributed by atoms with Crippen LogP contribution in [0.3, 0.4) is 0 Å². The van der Waals surface area contributed by atoms with Gasteiger partial charge in [0.05, 0.1) is 6.04 Å². The SMILES string of the molecule is CCc1ccc(CN2CCCn3cccc3C2c2cccc(F)c2)cc1. The minimum absolute atomic E-state index is 0.0778. The molecule has 0 N–H and O–H groups in total. The smallest absolute Gasteiger partial charge is 0.123 e. The first-order valence-electron chi connectivity index (χ1n) is 9.47. The van der Waals surface area contributed by atoms with Crippen LogP contribution >= 0.6 is 0 Å². The van der Waals surface area contributed by atoms with Gasteiger partial charge in [0.2, 0.25) is 0 Å². The van der Waals surface area contributed by atoms with Crippen LogP contribution in [-0.4, -0.2) is 16.0 Å². The molecule has 1 aromatic heterocycles. The zero-order valence-corrected chi connectivity index (χ0v) is 15.2. The summed E-state index contributed by atoms with van der Waals surface area (Å²) in [7, 11) is 0. The highest BCUT2D eigenvalue weighted by molar-refractivity contribution is 5.31. The molecule has 1 atom stereocenters. The number of halogens is 1. The number of aromatic nitrogens is 1. The second-order valence-electron chi connectivity index (χ2n) is 7.08. The molecule has 0 radical (unpaired) electrons. The molecule has 2 heterocycles. The molecule has 3 aromatic rings. The van der Waals surface area contributed by atoms with Crippen LogP contribution in [0.5, 0.6) is 0 Å². The number of fused-ring (bicyclic) bond motifs is 1. The minimum Gasteiger partial charge on any atom is -0.350 e. The highest BCUT2D eigenvalue weighted by Gasteiger charge is 2.27. The number of aryl methyl sites for hydroxylation is 2. The first kappa shape index (κ1) is 17.0. The quantitative estimate of drug-likeness (QED) is 0.630. The molecule has 3 heteroatoms. The molecule has 26 heavy (non-hydrogen) atoms. The van der Waals surface area contributed by atoms with Gasteiger partial charge in [-0.3, -0.25) is 4.90 Å². The lowest BCUT2D eigenvalue weighted by atomic mass is 10.0. The summed E-state index contributed by atoms with van der Waals surface area (Å²) in [6, 6.07) is 20.3. The molecule has 1 aliphatic heterocycles. The molecular formula is C23H25FN2. The largest absolute Gasteiger partial charge is 0.350 e. The first-order valence-corrected chi connectivity index (χ1v) is 9.47. The summed E-state index contributed by atoms with van der Waals surface area (Å²) in [5.74, 6) is -0.169. The maximum absolute atomic E-state index is 13.9. The van der Waals surface area contributed by atoms with E-state index in [4.69, 9.17) is 0 Å². The summed E-state index contributed by atoms with van der Waals surface area (Å²) in [5, 5.41) is 0. The average molecular weight is 348 g/mol. The van der Waals surface area contributed by atoms with Crippen LogP contribution in [0.25, 0.3) is 0 Å². The lowest BCUT2D eigenvalue weighted by Crippen LogP contribution is -2.29. The van der Waals surface area contributed by atoms with Crippen LogP contribution in [0, 0.1) is 5.82 Å². The zero-order valence-electron chi connectivity index (χ0n) is 15.2. The van der Waals surface area contributed by atoms with E-state index in [1.165, 1.54) is 22.9 Å². The number of hydrogen-bond acceptors (Lipinski definition) is 1. The van der Waals surface area contributed by atoms with Gasteiger partial charge in [-0.2, -0.15) is 0 Å². The second-order valence-corrected chi connectivity index (χ2v) is 7.08. The van der Waals surface area contributed by atoms with Crippen molar-refractivity contribution in [3.63, 3.8) is 0 Å². The summed E-state index contributed by atoms with van der Waals surface area (Å²) in [4.78, 5) is 2.48. The van der Waals surface area contributed by atoms with Gasteiger partial charge in [0.15, 0.2) is 0 Å². The second kappa shape index (κ2) is 7.46. The van der Waals surface area contributed by atoms with Crippen molar-refractivity contribution in [3.05, 3.63) is 95.1 Å². The Bertz CT molecular complexity index is 866. The highest BCUT2D eigenvalue weighted by Crippen LogP contribution is 2.33. The summed E-state index contributed by atoms with van der Waals surface area (Å²) >= 11 is 0. The normalized spacial score (nSPS) is 17.7. The van der Waals surface area contributed by atoms with Crippen molar-refractivity contribution in [1.29, 1.82) is 0 Å². The number of nitrogens with zero attached hydrogens (tertiary/aromatic N) is 2. The third-order valence-corrected chi connectivity index (χ3v) is 5.34. The molecule has 0 spiro atoms. The van der Waals surface area contributed by atoms with Crippen LogP contribution in [0.4, 0.5) is 4.39 Å². The van der Waals surface area contributed by atoms with Gasteiger partial charge in [0.25, 0.3) is 0 Å². The lowest BCUT2D eigenvalue weighted by Gasteiger charge is -2.30. The predicted octanol–water partition coefficient (Wildman–Crippen LogP) is 5.18. The van der Waals surface area contributed by atoms with E-state index >= 15 is 0 Å². The van der Waals surface area contributed by atoms with Gasteiger partial charge < -0.3 is 4.57 Å². The van der Waals surface area contributed by atoms with Crippen molar-refractivity contribution in [2.75, 3.05) is 6.54 Å². The Kier molecular flexibility index (Phi) is 4.89. The van der Waals surface area contributed by atoms with E-state index in [1.807, 2.05) is 12.1 Å². The van der Waals surface area contributed by atoms with Crippen LogP contribution in [-0.2, 0) is 19.5 Å². The fourth-order valence-corrected chi connectivity index (χ4v) is 3.98. The summed E-state index contributed by atoms with van der Waals surface area (Å²) in [6.07, 6.45) is 4.30. The van der Waals surface area contributed by atoms with Crippen molar-refractivity contribution < 1.29 is 4.39 Å². The van der Waals surface area contributed by atoms with Gasteiger partial charge in [0.1, 0.15) is 5.82 Å². The van der Waals surface area contributed by atoms with Gasteiger partial charge in [-0.15, -0.1) is 0 Å². The monoisotopic (exact) mass is 348 g/mol. The molecule has 0 fully saturated rings. The molecule has 2 nitrogen and oxygen atoms in total. The Hall–Kier alpha value is -2.39. The average Bonchev–Trinajstić information content (AvgIpc) is 3.04. The van der Waals surface area contributed by atoms with Crippen LogP contribution < -0.4 is 0 Å². The molecule has 0 saturated carbocycles. The highest BCUT2D eigenvalue weighted by atomic mass is 19.1. The summed E-state index contributed by atoms with van der Waals surface area (Å²) in [5.41, 5.74) is 4.94. The summed E-state index contributed by atoms with van der Waals surface area (Å²) in [6.45, 7) is 5.06. The molecule has 0 bridgehead atoms. The van der Waals surface area contributed by atoms with E-state index in [0.29, 0.717) is 0 Å². The number of rotatable bonds is 4. The van der Waals surface area contributed by atoms with Gasteiger partial charge >= 0.3 is 0 Å². The number of benzene rings is 2. The molecule has 0 amide bonds. The van der Waals surface area contributed by atoms with Crippen molar-refractivity contribution >= 4 is 0 Å². The van der Waals surface area contributed by atoms with Crippen molar-refractivity contribution in [3.8, 4) is 0 Å². The van der Waals surface area contributed by atoms with Crippen LogP contribution in [0.2, 0.25) is 0 Å². The standard InChI is InChI=1S/C23H25FN2/c1-2-18-9-11-19(12-10-18)17-26-15-5-14-25-13-4-8-22(25)23(26)20-6-3-7-21(24)16-20/h3-4,6-13,16,23H,2,5,14-15,17H2,1H3. The van der Waals surface area contributed by atoms with E-state index in [9.17, 15) is 4.39 Å². The number of hydrogen-bond donors (Lipinski definition) is 0. The van der Waals surface area contributed by atoms with Crippen LogP contribution in [0.15, 0.2) is 66.9 Å². The molecule has 134 valence electrons. The Labute approximate surface area is 154 Å². The zero-order chi connectivity index (χ0) is 17.9. The van der Waals surface area contributed by atoms with Gasteiger partial charge in [0, 0.05) is 31.5 Å². The Balaban J connectivity index is 1.70. The molecule has 4 rings (SSSR count). The Morgan fingerprint density at radius 2 is 1.77 bits per heavy atom. The fourth-order valence-electron chi connectivity index (χ4n) is 3.98. The Morgan fingerprint density at radius 3 is 2.54 bits per heavy atom. The first-order chi connectivity index (χ1) is 12.7. The topological polar surface area (TPSA) is 8.17 Å².